The number of methoxy groups -OCH3 is 2. The van der Waals surface area contributed by atoms with Crippen molar-refractivity contribution in [3.8, 4) is 22.6 Å². The first kappa shape index (κ1) is 18.6. The van der Waals surface area contributed by atoms with Crippen LogP contribution in [0.5, 0.6) is 11.5 Å². The topological polar surface area (TPSA) is 60.7 Å². The fourth-order valence-corrected chi connectivity index (χ4v) is 3.24. The summed E-state index contributed by atoms with van der Waals surface area (Å²) in [6.45, 7) is 2.03. The lowest BCUT2D eigenvalue weighted by Crippen LogP contribution is -2.08. The van der Waals surface area contributed by atoms with Gasteiger partial charge in [-0.2, -0.15) is 0 Å². The van der Waals surface area contributed by atoms with Crippen molar-refractivity contribution in [1.29, 1.82) is 0 Å². The molecule has 146 valence electrons. The van der Waals surface area contributed by atoms with E-state index in [0.29, 0.717) is 22.6 Å². The van der Waals surface area contributed by atoms with E-state index in [-0.39, 0.29) is 0 Å². The molecule has 0 fully saturated rings. The molecular formula is C24H21NO4. The third-order valence-corrected chi connectivity index (χ3v) is 4.81. The van der Waals surface area contributed by atoms with Gasteiger partial charge in [0.05, 0.1) is 25.5 Å². The van der Waals surface area contributed by atoms with Gasteiger partial charge in [0.2, 0.25) is 0 Å². The number of rotatable bonds is 5. The van der Waals surface area contributed by atoms with E-state index in [1.807, 2.05) is 67.6 Å². The number of fused-ring (bicyclic) bond motifs is 1. The van der Waals surface area contributed by atoms with Crippen LogP contribution in [0.3, 0.4) is 0 Å². The lowest BCUT2D eigenvalue weighted by atomic mass is 10.0. The normalized spacial score (nSPS) is 10.7. The van der Waals surface area contributed by atoms with Crippen molar-refractivity contribution >= 4 is 22.3 Å². The average Bonchev–Trinajstić information content (AvgIpc) is 2.75. The quantitative estimate of drug-likeness (QED) is 0.456. The Kier molecular flexibility index (Phi) is 4.96. The number of ether oxygens (including phenoxy) is 2. The predicted molar refractivity (Wildman–Crippen MR) is 115 cm³/mol. The Balaban J connectivity index is 1.95. The molecule has 0 aliphatic heterocycles. The van der Waals surface area contributed by atoms with Crippen molar-refractivity contribution in [1.82, 2.24) is 0 Å². The van der Waals surface area contributed by atoms with Gasteiger partial charge >= 0.3 is 5.63 Å². The number of hydrogen-bond donors (Lipinski definition) is 1. The van der Waals surface area contributed by atoms with Crippen molar-refractivity contribution in [2.24, 2.45) is 0 Å². The highest BCUT2D eigenvalue weighted by atomic mass is 16.5. The molecule has 0 atom stereocenters. The molecule has 0 amide bonds. The van der Waals surface area contributed by atoms with Gasteiger partial charge in [-0.05, 0) is 48.9 Å². The molecule has 1 heterocycles. The molecule has 0 aliphatic rings. The Labute approximate surface area is 168 Å². The van der Waals surface area contributed by atoms with E-state index in [1.165, 1.54) is 0 Å². The standard InChI is InChI=1S/C24H21NO4/c1-15-4-8-17(9-5-15)25-23-20-13-12-19(28-3)14-21(20)29-24(26)22(23)16-6-10-18(27-2)11-7-16/h4-14,25H,1-3H3. The first-order valence-electron chi connectivity index (χ1n) is 9.22. The van der Waals surface area contributed by atoms with E-state index < -0.39 is 5.63 Å². The van der Waals surface area contributed by atoms with Gasteiger partial charge in [-0.1, -0.05) is 29.8 Å². The van der Waals surface area contributed by atoms with Gasteiger partial charge in [-0.25, -0.2) is 4.79 Å². The lowest BCUT2D eigenvalue weighted by molar-refractivity contribution is 0.414. The highest BCUT2D eigenvalue weighted by Gasteiger charge is 2.17. The predicted octanol–water partition coefficient (Wildman–Crippen LogP) is 5.53. The van der Waals surface area contributed by atoms with Crippen LogP contribution in [0, 0.1) is 6.92 Å². The second-order valence-corrected chi connectivity index (χ2v) is 6.72. The van der Waals surface area contributed by atoms with E-state index in [0.717, 1.165) is 28.0 Å². The number of hydrogen-bond acceptors (Lipinski definition) is 5. The third-order valence-electron chi connectivity index (χ3n) is 4.81. The second-order valence-electron chi connectivity index (χ2n) is 6.72. The largest absolute Gasteiger partial charge is 0.497 e. The minimum atomic E-state index is -0.425. The number of nitrogens with one attached hydrogen (secondary N) is 1. The highest BCUT2D eigenvalue weighted by Crippen LogP contribution is 2.36. The molecule has 4 rings (SSSR count). The van der Waals surface area contributed by atoms with Crippen LogP contribution in [0.2, 0.25) is 0 Å². The smallest absolute Gasteiger partial charge is 0.346 e. The van der Waals surface area contributed by atoms with E-state index in [9.17, 15) is 4.79 Å². The van der Waals surface area contributed by atoms with Crippen molar-refractivity contribution in [2.45, 2.75) is 6.92 Å². The van der Waals surface area contributed by atoms with Crippen LogP contribution in [0.25, 0.3) is 22.1 Å². The SMILES string of the molecule is COc1ccc(-c2c(Nc3ccc(C)cc3)c3ccc(OC)cc3oc2=O)cc1. The van der Waals surface area contributed by atoms with Crippen LogP contribution in [0.4, 0.5) is 11.4 Å². The van der Waals surface area contributed by atoms with Gasteiger partial charge in [-0.15, -0.1) is 0 Å². The van der Waals surface area contributed by atoms with Crippen LogP contribution in [0.15, 0.2) is 75.9 Å². The monoisotopic (exact) mass is 387 g/mol. The molecule has 4 aromatic rings. The number of aryl methyl sites for hydroxylation is 1. The number of benzene rings is 3. The first-order chi connectivity index (χ1) is 14.1. The maximum absolute atomic E-state index is 13.0. The Morgan fingerprint density at radius 1 is 0.828 bits per heavy atom. The molecule has 0 aliphatic carbocycles. The summed E-state index contributed by atoms with van der Waals surface area (Å²) in [5.74, 6) is 1.34. The van der Waals surface area contributed by atoms with Crippen molar-refractivity contribution in [2.75, 3.05) is 19.5 Å². The van der Waals surface area contributed by atoms with E-state index in [4.69, 9.17) is 13.9 Å². The molecule has 0 unspecified atom stereocenters. The Hall–Kier alpha value is -3.73. The molecule has 0 radical (unpaired) electrons. The fraction of sp³-hybridized carbons (Fsp3) is 0.125. The second kappa shape index (κ2) is 7.72. The summed E-state index contributed by atoms with van der Waals surface area (Å²) >= 11 is 0. The minimum Gasteiger partial charge on any atom is -0.497 e. The Morgan fingerprint density at radius 3 is 2.14 bits per heavy atom. The molecule has 5 nitrogen and oxygen atoms in total. The molecule has 3 aromatic carbocycles. The van der Waals surface area contributed by atoms with Crippen molar-refractivity contribution in [3.63, 3.8) is 0 Å². The Morgan fingerprint density at radius 2 is 1.48 bits per heavy atom. The van der Waals surface area contributed by atoms with Gasteiger partial charge in [0.25, 0.3) is 0 Å². The minimum absolute atomic E-state index is 0.425. The van der Waals surface area contributed by atoms with Crippen molar-refractivity contribution in [3.05, 3.63) is 82.7 Å². The average molecular weight is 387 g/mol. The summed E-state index contributed by atoms with van der Waals surface area (Å²) in [6, 6.07) is 20.8. The van der Waals surface area contributed by atoms with E-state index in [2.05, 4.69) is 5.32 Å². The molecule has 1 aromatic heterocycles. The molecular weight excluding hydrogens is 366 g/mol. The first-order valence-corrected chi connectivity index (χ1v) is 9.22. The van der Waals surface area contributed by atoms with Gasteiger partial charge < -0.3 is 19.2 Å². The van der Waals surface area contributed by atoms with E-state index in [1.54, 1.807) is 20.3 Å². The molecule has 1 N–H and O–H groups in total. The summed E-state index contributed by atoms with van der Waals surface area (Å²) in [4.78, 5) is 13.0. The zero-order valence-electron chi connectivity index (χ0n) is 16.5. The van der Waals surface area contributed by atoms with E-state index >= 15 is 0 Å². The van der Waals surface area contributed by atoms with Gasteiger partial charge in [0.15, 0.2) is 0 Å². The zero-order chi connectivity index (χ0) is 20.4. The summed E-state index contributed by atoms with van der Waals surface area (Å²) in [7, 11) is 3.19. The molecule has 0 bridgehead atoms. The van der Waals surface area contributed by atoms with Crippen LogP contribution in [-0.4, -0.2) is 14.2 Å². The summed E-state index contributed by atoms with van der Waals surface area (Å²) < 4.78 is 16.2. The summed E-state index contributed by atoms with van der Waals surface area (Å²) in [5, 5.41) is 4.20. The molecule has 0 saturated carbocycles. The van der Waals surface area contributed by atoms with Crippen LogP contribution in [0.1, 0.15) is 5.56 Å². The van der Waals surface area contributed by atoms with Crippen LogP contribution >= 0.6 is 0 Å². The van der Waals surface area contributed by atoms with Gasteiger partial charge in [0, 0.05) is 17.1 Å². The summed E-state index contributed by atoms with van der Waals surface area (Å²) in [6.07, 6.45) is 0. The molecule has 5 heteroatoms. The highest BCUT2D eigenvalue weighted by molar-refractivity contribution is 6.00. The molecule has 0 spiro atoms. The third kappa shape index (κ3) is 3.67. The van der Waals surface area contributed by atoms with Crippen LogP contribution < -0.4 is 20.4 Å². The maximum atomic E-state index is 13.0. The summed E-state index contributed by atoms with van der Waals surface area (Å²) in [5.41, 5.74) is 3.97. The number of anilines is 2. The molecule has 0 saturated heterocycles. The van der Waals surface area contributed by atoms with Crippen LogP contribution in [-0.2, 0) is 0 Å². The lowest BCUT2D eigenvalue weighted by Gasteiger charge is -2.15. The van der Waals surface area contributed by atoms with Crippen molar-refractivity contribution < 1.29 is 13.9 Å². The van der Waals surface area contributed by atoms with Gasteiger partial charge in [0.1, 0.15) is 17.1 Å². The van der Waals surface area contributed by atoms with Gasteiger partial charge in [-0.3, -0.25) is 0 Å². The fourth-order valence-electron chi connectivity index (χ4n) is 3.24. The maximum Gasteiger partial charge on any atom is 0.346 e. The zero-order valence-corrected chi connectivity index (χ0v) is 16.5. The molecule has 29 heavy (non-hydrogen) atoms. The Bertz CT molecular complexity index is 1210.